The van der Waals surface area contributed by atoms with Crippen molar-refractivity contribution >= 4 is 11.6 Å². The fourth-order valence-corrected chi connectivity index (χ4v) is 2.14. The Hall–Kier alpha value is -2.42. The van der Waals surface area contributed by atoms with Crippen LogP contribution >= 0.6 is 0 Å². The van der Waals surface area contributed by atoms with Gasteiger partial charge < -0.3 is 5.11 Å². The highest BCUT2D eigenvalue weighted by Crippen LogP contribution is 2.18. The van der Waals surface area contributed by atoms with Crippen molar-refractivity contribution in [1.82, 2.24) is 0 Å². The third kappa shape index (κ3) is 3.12. The molecular weight excluding hydrogens is 252 g/mol. The highest BCUT2D eigenvalue weighted by atomic mass is 16.3. The molecule has 0 saturated carbocycles. The molecule has 0 unspecified atom stereocenters. The molecule has 3 heteroatoms. The number of carbonyl (C=O) groups is 2. The number of hydrogen-bond donors (Lipinski definition) is 1. The van der Waals surface area contributed by atoms with E-state index in [9.17, 15) is 14.7 Å². The molecule has 0 bridgehead atoms. The lowest BCUT2D eigenvalue weighted by Crippen LogP contribution is -2.06. The number of aryl methyl sites for hydroxylation is 1. The number of aromatic hydroxyl groups is 1. The van der Waals surface area contributed by atoms with Gasteiger partial charge in [0.15, 0.2) is 11.6 Å². The van der Waals surface area contributed by atoms with Crippen LogP contribution in [0.2, 0.25) is 0 Å². The van der Waals surface area contributed by atoms with Crippen molar-refractivity contribution in [3.05, 3.63) is 64.7 Å². The van der Waals surface area contributed by atoms with E-state index >= 15 is 0 Å². The third-order valence-corrected chi connectivity index (χ3v) is 3.21. The average molecular weight is 268 g/mol. The molecule has 2 aromatic rings. The molecule has 0 radical (unpaired) electrons. The number of ketones is 2. The summed E-state index contributed by atoms with van der Waals surface area (Å²) >= 11 is 0. The van der Waals surface area contributed by atoms with Gasteiger partial charge in [-0.1, -0.05) is 18.2 Å². The molecule has 0 fully saturated rings. The summed E-state index contributed by atoms with van der Waals surface area (Å²) in [6, 6.07) is 11.8. The second-order valence-corrected chi connectivity index (χ2v) is 4.86. The molecule has 0 aromatic heterocycles. The summed E-state index contributed by atoms with van der Waals surface area (Å²) < 4.78 is 0. The number of hydrogen-bond acceptors (Lipinski definition) is 3. The molecule has 0 saturated heterocycles. The zero-order valence-electron chi connectivity index (χ0n) is 11.5. The zero-order chi connectivity index (χ0) is 14.7. The predicted octanol–water partition coefficient (Wildman–Crippen LogP) is 3.33. The fourth-order valence-electron chi connectivity index (χ4n) is 2.14. The minimum Gasteiger partial charge on any atom is -0.508 e. The van der Waals surface area contributed by atoms with E-state index in [2.05, 4.69) is 0 Å². The summed E-state index contributed by atoms with van der Waals surface area (Å²) in [5.74, 6) is 0.112. The van der Waals surface area contributed by atoms with Crippen molar-refractivity contribution in [2.24, 2.45) is 0 Å². The molecule has 0 heterocycles. The number of phenolic OH excluding ortho intramolecular Hbond substituents is 1. The Morgan fingerprint density at radius 1 is 1.10 bits per heavy atom. The molecule has 0 amide bonds. The first-order chi connectivity index (χ1) is 9.47. The summed E-state index contributed by atoms with van der Waals surface area (Å²) in [5.41, 5.74) is 2.77. The summed E-state index contributed by atoms with van der Waals surface area (Å²) in [7, 11) is 0. The summed E-state index contributed by atoms with van der Waals surface area (Å²) in [6.45, 7) is 3.30. The van der Waals surface area contributed by atoms with Gasteiger partial charge >= 0.3 is 0 Å². The summed E-state index contributed by atoms with van der Waals surface area (Å²) in [5, 5.41) is 9.36. The van der Waals surface area contributed by atoms with Gasteiger partial charge in [0.1, 0.15) is 5.75 Å². The van der Waals surface area contributed by atoms with Gasteiger partial charge in [-0.25, -0.2) is 0 Å². The van der Waals surface area contributed by atoms with Crippen LogP contribution in [0.5, 0.6) is 5.75 Å². The Labute approximate surface area is 117 Å². The van der Waals surface area contributed by atoms with Crippen LogP contribution in [-0.4, -0.2) is 16.7 Å². The van der Waals surface area contributed by atoms with Crippen molar-refractivity contribution < 1.29 is 14.7 Å². The third-order valence-electron chi connectivity index (χ3n) is 3.21. The number of carbonyl (C=O) groups excluding carboxylic acids is 2. The van der Waals surface area contributed by atoms with Crippen LogP contribution in [0.1, 0.15) is 38.8 Å². The largest absolute Gasteiger partial charge is 0.508 e. The molecule has 102 valence electrons. The molecule has 2 rings (SSSR count). The molecule has 1 N–H and O–H groups in total. The highest BCUT2D eigenvalue weighted by molar-refractivity contribution is 5.99. The monoisotopic (exact) mass is 268 g/mol. The summed E-state index contributed by atoms with van der Waals surface area (Å²) in [6.07, 6.45) is 0.243. The minimum atomic E-state index is -0.0248. The fraction of sp³-hybridized carbons (Fsp3) is 0.176. The van der Waals surface area contributed by atoms with Gasteiger partial charge in [-0.3, -0.25) is 9.59 Å². The molecular formula is C17H16O3. The standard InChI is InChI=1S/C17H16O3/c1-11-8-15(19)6-7-16(11)17(20)10-13-4-3-5-14(9-13)12(2)18/h3-9,19H,10H2,1-2H3. The Morgan fingerprint density at radius 2 is 1.85 bits per heavy atom. The van der Waals surface area contributed by atoms with Gasteiger partial charge in [0.05, 0.1) is 0 Å². The van der Waals surface area contributed by atoms with Gasteiger partial charge in [0, 0.05) is 17.5 Å². The minimum absolute atomic E-state index is 0.0138. The molecule has 0 spiro atoms. The number of Topliss-reactive ketones (excluding diaryl/α,β-unsaturated/α-hetero) is 2. The maximum absolute atomic E-state index is 12.3. The van der Waals surface area contributed by atoms with E-state index < -0.39 is 0 Å². The van der Waals surface area contributed by atoms with Gasteiger partial charge in [-0.2, -0.15) is 0 Å². The van der Waals surface area contributed by atoms with Crippen molar-refractivity contribution in [3.63, 3.8) is 0 Å². The average Bonchev–Trinajstić information content (AvgIpc) is 2.38. The smallest absolute Gasteiger partial charge is 0.167 e. The molecule has 2 aromatic carbocycles. The Morgan fingerprint density at radius 3 is 2.50 bits per heavy atom. The van der Waals surface area contributed by atoms with Crippen LogP contribution < -0.4 is 0 Å². The van der Waals surface area contributed by atoms with E-state index in [1.807, 2.05) is 6.07 Å². The quantitative estimate of drug-likeness (QED) is 0.865. The van der Waals surface area contributed by atoms with Crippen molar-refractivity contribution in [2.45, 2.75) is 20.3 Å². The molecule has 20 heavy (non-hydrogen) atoms. The lowest BCUT2D eigenvalue weighted by molar-refractivity contribution is 0.0987. The lowest BCUT2D eigenvalue weighted by atomic mass is 9.97. The molecule has 0 aliphatic carbocycles. The van der Waals surface area contributed by atoms with E-state index in [1.54, 1.807) is 37.3 Å². The van der Waals surface area contributed by atoms with Gasteiger partial charge in [-0.05, 0) is 49.2 Å². The Bertz CT molecular complexity index is 672. The van der Waals surface area contributed by atoms with Crippen LogP contribution in [0.4, 0.5) is 0 Å². The van der Waals surface area contributed by atoms with Crippen LogP contribution in [-0.2, 0) is 6.42 Å². The van der Waals surface area contributed by atoms with Crippen LogP contribution in [0.3, 0.4) is 0 Å². The lowest BCUT2D eigenvalue weighted by Gasteiger charge is -2.06. The molecule has 0 aliphatic heterocycles. The molecule has 3 nitrogen and oxygen atoms in total. The van der Waals surface area contributed by atoms with Crippen LogP contribution in [0, 0.1) is 6.92 Å². The van der Waals surface area contributed by atoms with Crippen LogP contribution in [0.15, 0.2) is 42.5 Å². The van der Waals surface area contributed by atoms with E-state index in [0.717, 1.165) is 11.1 Å². The normalized spacial score (nSPS) is 10.3. The van der Waals surface area contributed by atoms with E-state index in [-0.39, 0.29) is 23.7 Å². The van der Waals surface area contributed by atoms with Crippen molar-refractivity contribution in [1.29, 1.82) is 0 Å². The van der Waals surface area contributed by atoms with Crippen LogP contribution in [0.25, 0.3) is 0 Å². The Balaban J connectivity index is 2.23. The SMILES string of the molecule is CC(=O)c1cccc(CC(=O)c2ccc(O)cc2C)c1. The predicted molar refractivity (Wildman–Crippen MR) is 77.3 cm³/mol. The number of benzene rings is 2. The number of rotatable bonds is 4. The second kappa shape index (κ2) is 5.70. The number of phenols is 1. The van der Waals surface area contributed by atoms with Gasteiger partial charge in [0.2, 0.25) is 0 Å². The van der Waals surface area contributed by atoms with E-state index in [1.165, 1.54) is 13.0 Å². The first kappa shape index (κ1) is 14.0. The van der Waals surface area contributed by atoms with Gasteiger partial charge in [-0.15, -0.1) is 0 Å². The topological polar surface area (TPSA) is 54.4 Å². The maximum Gasteiger partial charge on any atom is 0.167 e. The highest BCUT2D eigenvalue weighted by Gasteiger charge is 2.11. The molecule has 0 aliphatic rings. The van der Waals surface area contributed by atoms with Crippen molar-refractivity contribution in [2.75, 3.05) is 0 Å². The maximum atomic E-state index is 12.3. The zero-order valence-corrected chi connectivity index (χ0v) is 11.5. The molecule has 0 atom stereocenters. The Kier molecular flexibility index (Phi) is 3.99. The first-order valence-electron chi connectivity index (χ1n) is 6.40. The summed E-state index contributed by atoms with van der Waals surface area (Å²) in [4.78, 5) is 23.6. The second-order valence-electron chi connectivity index (χ2n) is 4.86. The van der Waals surface area contributed by atoms with E-state index in [0.29, 0.717) is 11.1 Å². The first-order valence-corrected chi connectivity index (χ1v) is 6.40. The van der Waals surface area contributed by atoms with E-state index in [4.69, 9.17) is 0 Å². The van der Waals surface area contributed by atoms with Crippen molar-refractivity contribution in [3.8, 4) is 5.75 Å². The van der Waals surface area contributed by atoms with Gasteiger partial charge in [0.25, 0.3) is 0 Å².